The van der Waals surface area contributed by atoms with Crippen molar-refractivity contribution in [3.05, 3.63) is 194 Å². The van der Waals surface area contributed by atoms with Crippen LogP contribution in [-0.2, 0) is 0 Å². The van der Waals surface area contributed by atoms with Crippen molar-refractivity contribution < 1.29 is 0 Å². The second-order valence-electron chi connectivity index (χ2n) is 13.7. The molecule has 0 aliphatic heterocycles. The van der Waals surface area contributed by atoms with Crippen LogP contribution in [0.25, 0.3) is 98.8 Å². The molecule has 2 heterocycles. The molecule has 0 fully saturated rings. The van der Waals surface area contributed by atoms with Gasteiger partial charge >= 0.3 is 0 Å². The lowest BCUT2D eigenvalue weighted by molar-refractivity contribution is 1.18. The molecule has 0 radical (unpaired) electrons. The highest BCUT2D eigenvalue weighted by atomic mass is 15.0. The first-order valence-corrected chi connectivity index (χ1v) is 17.9. The molecule has 0 saturated heterocycles. The number of para-hydroxylation sites is 2. The van der Waals surface area contributed by atoms with Gasteiger partial charge in [0.1, 0.15) is 0 Å². The summed E-state index contributed by atoms with van der Waals surface area (Å²) in [5.74, 6) is 0. The molecule has 242 valence electrons. The van der Waals surface area contributed by atoms with Gasteiger partial charge in [0.05, 0.1) is 22.1 Å². The van der Waals surface area contributed by atoms with Crippen molar-refractivity contribution in [2.45, 2.75) is 0 Å². The molecule has 0 spiro atoms. The second-order valence-corrected chi connectivity index (χ2v) is 13.7. The zero-order valence-corrected chi connectivity index (χ0v) is 28.4. The van der Waals surface area contributed by atoms with Crippen LogP contribution in [0.5, 0.6) is 0 Å². The van der Waals surface area contributed by atoms with Crippen molar-refractivity contribution in [1.29, 1.82) is 0 Å². The Kier molecular flexibility index (Phi) is 6.28. The van der Waals surface area contributed by atoms with E-state index >= 15 is 0 Å². The minimum absolute atomic E-state index is 1.16. The zero-order valence-electron chi connectivity index (χ0n) is 28.4. The largest absolute Gasteiger partial charge is 0.309 e. The Bertz CT molecular complexity index is 3160. The highest BCUT2D eigenvalue weighted by Crippen LogP contribution is 2.42. The van der Waals surface area contributed by atoms with Crippen LogP contribution in [0.1, 0.15) is 0 Å². The van der Waals surface area contributed by atoms with E-state index in [4.69, 9.17) is 0 Å². The minimum atomic E-state index is 1.16. The number of fused-ring (bicyclic) bond motifs is 9. The van der Waals surface area contributed by atoms with Gasteiger partial charge in [-0.1, -0.05) is 133 Å². The van der Waals surface area contributed by atoms with Crippen molar-refractivity contribution in [1.82, 2.24) is 9.13 Å². The van der Waals surface area contributed by atoms with Gasteiger partial charge in [-0.25, -0.2) is 0 Å². The number of rotatable bonds is 4. The van der Waals surface area contributed by atoms with E-state index in [1.54, 1.807) is 0 Å². The summed E-state index contributed by atoms with van der Waals surface area (Å²) in [7, 11) is 0. The Labute approximate surface area is 301 Å². The smallest absolute Gasteiger partial charge is 0.0547 e. The molecule has 52 heavy (non-hydrogen) atoms. The summed E-state index contributed by atoms with van der Waals surface area (Å²) in [4.78, 5) is 0. The predicted molar refractivity (Wildman–Crippen MR) is 221 cm³/mol. The summed E-state index contributed by atoms with van der Waals surface area (Å²) < 4.78 is 4.85. The number of aromatic nitrogens is 2. The molecule has 11 rings (SSSR count). The van der Waals surface area contributed by atoms with E-state index in [0.717, 1.165) is 5.69 Å². The Morgan fingerprint density at radius 3 is 1.62 bits per heavy atom. The van der Waals surface area contributed by atoms with Crippen LogP contribution in [-0.4, -0.2) is 9.13 Å². The first-order valence-electron chi connectivity index (χ1n) is 17.9. The van der Waals surface area contributed by atoms with Crippen molar-refractivity contribution in [3.8, 4) is 33.6 Å². The van der Waals surface area contributed by atoms with Crippen molar-refractivity contribution in [3.63, 3.8) is 0 Å². The maximum absolute atomic E-state index is 2.47. The summed E-state index contributed by atoms with van der Waals surface area (Å²) in [5, 5.41) is 10.1. The fraction of sp³-hybridized carbons (Fsp3) is 0. The maximum atomic E-state index is 2.47. The average Bonchev–Trinajstić information content (AvgIpc) is 3.73. The van der Waals surface area contributed by atoms with Gasteiger partial charge in [-0.05, 0) is 104 Å². The molecule has 0 bridgehead atoms. The van der Waals surface area contributed by atoms with Gasteiger partial charge in [0.25, 0.3) is 0 Å². The lowest BCUT2D eigenvalue weighted by Gasteiger charge is -2.14. The molecule has 0 unspecified atom stereocenters. The molecular weight excluding hydrogens is 629 g/mol. The van der Waals surface area contributed by atoms with Crippen LogP contribution in [0, 0.1) is 0 Å². The molecule has 0 amide bonds. The Hall–Kier alpha value is -6.90. The maximum Gasteiger partial charge on any atom is 0.0547 e. The zero-order chi connectivity index (χ0) is 34.2. The molecule has 0 aliphatic carbocycles. The number of benzene rings is 9. The van der Waals surface area contributed by atoms with Gasteiger partial charge in [-0.15, -0.1) is 0 Å². The lowest BCUT2D eigenvalue weighted by Crippen LogP contribution is -1.96. The monoisotopic (exact) mass is 660 g/mol. The number of hydrogen-bond donors (Lipinski definition) is 0. The molecule has 0 atom stereocenters. The van der Waals surface area contributed by atoms with Crippen molar-refractivity contribution >= 4 is 65.2 Å². The number of hydrogen-bond acceptors (Lipinski definition) is 0. The van der Waals surface area contributed by atoms with Gasteiger partial charge < -0.3 is 9.13 Å². The van der Waals surface area contributed by atoms with Gasteiger partial charge in [-0.2, -0.15) is 0 Å². The van der Waals surface area contributed by atoms with E-state index in [-0.39, 0.29) is 0 Å². The summed E-state index contributed by atoms with van der Waals surface area (Å²) in [5.41, 5.74) is 12.1. The standard InChI is InChI=1S/C50H32N2/c1-3-13-33(14-4-1)43-32-39(29-37-16-8-9-19-40(37)43)52-48-27-25-36(31-45(48)50-41-20-10-7-15-34(41)23-28-49(50)52)35-24-26-47-44(30-35)42-21-11-12-22-46(42)51(47)38-17-5-2-6-18-38/h1-32H. The van der Waals surface area contributed by atoms with Gasteiger partial charge in [-0.3, -0.25) is 0 Å². The molecule has 2 heteroatoms. The quantitative estimate of drug-likeness (QED) is 0.178. The highest BCUT2D eigenvalue weighted by molar-refractivity contribution is 6.22. The van der Waals surface area contributed by atoms with E-state index in [2.05, 4.69) is 203 Å². The van der Waals surface area contributed by atoms with Crippen LogP contribution in [0.2, 0.25) is 0 Å². The normalized spacial score (nSPS) is 11.8. The third-order valence-corrected chi connectivity index (χ3v) is 10.9. The average molecular weight is 661 g/mol. The third kappa shape index (κ3) is 4.31. The molecule has 11 aromatic rings. The fourth-order valence-electron chi connectivity index (χ4n) is 8.54. The first kappa shape index (κ1) is 28.9. The fourth-order valence-corrected chi connectivity index (χ4v) is 8.54. The van der Waals surface area contributed by atoms with Crippen LogP contribution in [0.3, 0.4) is 0 Å². The lowest BCUT2D eigenvalue weighted by atomic mass is 9.97. The molecule has 2 aromatic heterocycles. The molecule has 9 aromatic carbocycles. The molecular formula is C50H32N2. The van der Waals surface area contributed by atoms with Crippen LogP contribution < -0.4 is 0 Å². The molecule has 0 saturated carbocycles. The van der Waals surface area contributed by atoms with E-state index < -0.39 is 0 Å². The predicted octanol–water partition coefficient (Wildman–Crippen LogP) is 13.5. The van der Waals surface area contributed by atoms with Crippen LogP contribution in [0.15, 0.2) is 194 Å². The second kappa shape index (κ2) is 11.3. The van der Waals surface area contributed by atoms with Gasteiger partial charge in [0.2, 0.25) is 0 Å². The summed E-state index contributed by atoms with van der Waals surface area (Å²) in [6, 6.07) is 71.0. The SMILES string of the molecule is c1ccc(-c2cc(-n3c4ccc(-c5ccc6c(c5)c5ccccc5n6-c5ccccc5)cc4c4c5ccccc5ccc43)cc3ccccc23)cc1. The Morgan fingerprint density at radius 2 is 0.827 bits per heavy atom. The van der Waals surface area contributed by atoms with Crippen LogP contribution in [0.4, 0.5) is 0 Å². The van der Waals surface area contributed by atoms with E-state index in [1.807, 2.05) is 0 Å². The molecule has 2 nitrogen and oxygen atoms in total. The Morgan fingerprint density at radius 1 is 0.269 bits per heavy atom. The topological polar surface area (TPSA) is 9.86 Å². The van der Waals surface area contributed by atoms with E-state index in [0.29, 0.717) is 0 Å². The first-order chi connectivity index (χ1) is 25.8. The van der Waals surface area contributed by atoms with Gasteiger partial charge in [0.15, 0.2) is 0 Å². The Balaban J connectivity index is 1.18. The third-order valence-electron chi connectivity index (χ3n) is 10.9. The summed E-state index contributed by atoms with van der Waals surface area (Å²) >= 11 is 0. The molecule has 0 N–H and O–H groups in total. The summed E-state index contributed by atoms with van der Waals surface area (Å²) in [6.45, 7) is 0. The summed E-state index contributed by atoms with van der Waals surface area (Å²) in [6.07, 6.45) is 0. The number of nitrogens with zero attached hydrogens (tertiary/aromatic N) is 2. The minimum Gasteiger partial charge on any atom is -0.309 e. The van der Waals surface area contributed by atoms with Crippen molar-refractivity contribution in [2.24, 2.45) is 0 Å². The van der Waals surface area contributed by atoms with Gasteiger partial charge in [0, 0.05) is 32.9 Å². The van der Waals surface area contributed by atoms with E-state index in [1.165, 1.54) is 93.1 Å². The van der Waals surface area contributed by atoms with Crippen molar-refractivity contribution in [2.75, 3.05) is 0 Å². The highest BCUT2D eigenvalue weighted by Gasteiger charge is 2.19. The molecule has 0 aliphatic rings. The van der Waals surface area contributed by atoms with Crippen LogP contribution >= 0.6 is 0 Å². The van der Waals surface area contributed by atoms with E-state index in [9.17, 15) is 0 Å².